The van der Waals surface area contributed by atoms with Crippen molar-refractivity contribution in [1.82, 2.24) is 10.7 Å². The summed E-state index contributed by atoms with van der Waals surface area (Å²) in [5, 5.41) is 9.05. The van der Waals surface area contributed by atoms with Crippen molar-refractivity contribution in [1.29, 1.82) is 0 Å². The number of aryl methyl sites for hydroxylation is 1. The Balaban J connectivity index is 1.98. The first-order chi connectivity index (χ1) is 16.0. The average molecular weight is 456 g/mol. The molecule has 0 aliphatic carbocycles. The number of carbonyl (C=O) groups excluding carboxylic acids is 3. The van der Waals surface area contributed by atoms with E-state index in [2.05, 4.69) is 21.2 Å². The first-order valence-corrected chi connectivity index (χ1v) is 10.2. The lowest BCUT2D eigenvalue weighted by molar-refractivity contribution is -0.139. The fraction of sp³-hybridized carbons (Fsp3) is 0.304. The van der Waals surface area contributed by atoms with E-state index >= 15 is 0 Å². The third-order valence-electron chi connectivity index (χ3n) is 4.38. The molecule has 176 valence electrons. The molecular weight excluding hydrogens is 428 g/mol. The van der Waals surface area contributed by atoms with E-state index in [-0.39, 0.29) is 18.3 Å². The number of ether oxygens (including phenoxy) is 3. The summed E-state index contributed by atoms with van der Waals surface area (Å²) in [6.07, 6.45) is 1.88. The first-order valence-electron chi connectivity index (χ1n) is 10.2. The number of hydrogen-bond acceptors (Lipinski definition) is 7. The van der Waals surface area contributed by atoms with Crippen molar-refractivity contribution in [3.63, 3.8) is 0 Å². The predicted octanol–water partition coefficient (Wildman–Crippen LogP) is 1.62. The lowest BCUT2D eigenvalue weighted by Crippen LogP contribution is -2.38. The van der Waals surface area contributed by atoms with E-state index in [4.69, 9.17) is 14.2 Å². The quantitative estimate of drug-likeness (QED) is 0.204. The highest BCUT2D eigenvalue weighted by Gasteiger charge is 2.14. The van der Waals surface area contributed by atoms with Gasteiger partial charge in [-0.1, -0.05) is 24.3 Å². The predicted molar refractivity (Wildman–Crippen MR) is 124 cm³/mol. The minimum absolute atomic E-state index is 0.266. The molecule has 0 unspecified atom stereocenters. The van der Waals surface area contributed by atoms with Crippen molar-refractivity contribution in [3.05, 3.63) is 53.6 Å². The van der Waals surface area contributed by atoms with Gasteiger partial charge in [-0.05, 0) is 37.1 Å². The van der Waals surface area contributed by atoms with Crippen molar-refractivity contribution >= 4 is 29.6 Å². The molecule has 0 saturated carbocycles. The van der Waals surface area contributed by atoms with Crippen LogP contribution in [-0.2, 0) is 19.1 Å². The summed E-state index contributed by atoms with van der Waals surface area (Å²) in [5.41, 5.74) is 4.21. The van der Waals surface area contributed by atoms with Crippen LogP contribution in [0.4, 0.5) is 5.69 Å². The summed E-state index contributed by atoms with van der Waals surface area (Å²) in [7, 11) is 3.02. The second-order valence-electron chi connectivity index (χ2n) is 6.83. The lowest BCUT2D eigenvalue weighted by Gasteiger charge is -2.13. The lowest BCUT2D eigenvalue weighted by atomic mass is 10.2. The highest BCUT2D eigenvalue weighted by atomic mass is 16.5. The second-order valence-corrected chi connectivity index (χ2v) is 6.83. The number of carbonyl (C=O) groups is 3. The average Bonchev–Trinajstić information content (AvgIpc) is 2.82. The summed E-state index contributed by atoms with van der Waals surface area (Å²) < 4.78 is 15.9. The van der Waals surface area contributed by atoms with Gasteiger partial charge in [0.15, 0.2) is 18.1 Å². The fourth-order valence-corrected chi connectivity index (χ4v) is 2.70. The number of hydrazone groups is 1. The molecule has 0 aliphatic rings. The zero-order valence-electron chi connectivity index (χ0n) is 18.8. The van der Waals surface area contributed by atoms with E-state index in [9.17, 15) is 14.4 Å². The maximum absolute atomic E-state index is 12.3. The van der Waals surface area contributed by atoms with Crippen LogP contribution in [0.25, 0.3) is 0 Å². The highest BCUT2D eigenvalue weighted by molar-refractivity contribution is 6.35. The molecule has 0 saturated heterocycles. The van der Waals surface area contributed by atoms with E-state index < -0.39 is 11.8 Å². The van der Waals surface area contributed by atoms with Crippen LogP contribution in [0.15, 0.2) is 47.6 Å². The summed E-state index contributed by atoms with van der Waals surface area (Å²) >= 11 is 0. The Kier molecular flexibility index (Phi) is 10.4. The van der Waals surface area contributed by atoms with Crippen LogP contribution in [0, 0.1) is 6.92 Å². The number of benzene rings is 2. The Morgan fingerprint density at radius 1 is 1.03 bits per heavy atom. The van der Waals surface area contributed by atoms with Gasteiger partial charge in [0.05, 0.1) is 13.3 Å². The Hall–Kier alpha value is -3.92. The molecule has 3 N–H and O–H groups in total. The van der Waals surface area contributed by atoms with Crippen molar-refractivity contribution in [2.24, 2.45) is 5.10 Å². The van der Waals surface area contributed by atoms with Crippen molar-refractivity contribution in [3.8, 4) is 11.5 Å². The van der Waals surface area contributed by atoms with Gasteiger partial charge in [-0.2, -0.15) is 5.10 Å². The summed E-state index contributed by atoms with van der Waals surface area (Å²) in [6.45, 7) is 2.40. The number of para-hydroxylation sites is 2. The standard InChI is InChI=1S/C23H28N4O6/c1-16-8-4-5-10-18(16)26-20(28)15-33-21-17(9-6-11-19(21)32-3)14-25-27-23(30)22(29)24-12-7-13-31-2/h4-6,8-11,14H,7,12-13,15H2,1-3H3,(H,24,29)(H,26,28)(H,27,30)/b25-14-. The molecule has 2 aromatic carbocycles. The van der Waals surface area contributed by atoms with Crippen LogP contribution in [-0.4, -0.2) is 57.9 Å². The normalized spacial score (nSPS) is 10.5. The highest BCUT2D eigenvalue weighted by Crippen LogP contribution is 2.30. The molecule has 0 atom stereocenters. The van der Waals surface area contributed by atoms with E-state index in [1.165, 1.54) is 13.3 Å². The topological polar surface area (TPSA) is 127 Å². The fourth-order valence-electron chi connectivity index (χ4n) is 2.70. The maximum Gasteiger partial charge on any atom is 0.329 e. The zero-order valence-corrected chi connectivity index (χ0v) is 18.8. The molecule has 3 amide bonds. The molecule has 10 heteroatoms. The van der Waals surface area contributed by atoms with Gasteiger partial charge in [0.2, 0.25) is 0 Å². The Labute approximate surface area is 192 Å². The largest absolute Gasteiger partial charge is 0.493 e. The van der Waals surface area contributed by atoms with Crippen LogP contribution in [0.5, 0.6) is 11.5 Å². The van der Waals surface area contributed by atoms with Crippen molar-refractivity contribution in [2.75, 3.05) is 39.3 Å². The molecular formula is C23H28N4O6. The van der Waals surface area contributed by atoms with Crippen molar-refractivity contribution < 1.29 is 28.6 Å². The summed E-state index contributed by atoms with van der Waals surface area (Å²) in [5.74, 6) is -1.42. The van der Waals surface area contributed by atoms with Gasteiger partial charge in [-0.3, -0.25) is 14.4 Å². The number of hydrogen-bond donors (Lipinski definition) is 3. The molecule has 33 heavy (non-hydrogen) atoms. The van der Waals surface area contributed by atoms with Crippen LogP contribution in [0.2, 0.25) is 0 Å². The molecule has 10 nitrogen and oxygen atoms in total. The molecule has 0 fully saturated rings. The minimum Gasteiger partial charge on any atom is -0.493 e. The van der Waals surface area contributed by atoms with Gasteiger partial charge < -0.3 is 24.8 Å². The number of rotatable bonds is 11. The van der Waals surface area contributed by atoms with Gasteiger partial charge in [-0.15, -0.1) is 0 Å². The SMILES string of the molecule is COCCCNC(=O)C(=O)N/N=C\c1cccc(OC)c1OCC(=O)Nc1ccccc1C. The maximum atomic E-state index is 12.3. The molecule has 0 radical (unpaired) electrons. The van der Waals surface area contributed by atoms with Gasteiger partial charge in [0.1, 0.15) is 0 Å². The number of amides is 3. The van der Waals surface area contributed by atoms with Crippen LogP contribution in [0.3, 0.4) is 0 Å². The molecule has 0 heterocycles. The second kappa shape index (κ2) is 13.5. The number of nitrogens with one attached hydrogen (secondary N) is 3. The molecule has 0 aliphatic heterocycles. The third-order valence-corrected chi connectivity index (χ3v) is 4.38. The van der Waals surface area contributed by atoms with Gasteiger partial charge in [0.25, 0.3) is 5.91 Å². The van der Waals surface area contributed by atoms with Crippen LogP contribution >= 0.6 is 0 Å². The Bertz CT molecular complexity index is 993. The van der Waals surface area contributed by atoms with E-state index in [1.54, 1.807) is 31.4 Å². The third kappa shape index (κ3) is 8.26. The monoisotopic (exact) mass is 456 g/mol. The zero-order chi connectivity index (χ0) is 24.1. The van der Waals surface area contributed by atoms with E-state index in [1.807, 2.05) is 25.1 Å². The molecule has 0 aromatic heterocycles. The van der Waals surface area contributed by atoms with Gasteiger partial charge in [-0.25, -0.2) is 5.43 Å². The Morgan fingerprint density at radius 3 is 2.55 bits per heavy atom. The van der Waals surface area contributed by atoms with Crippen LogP contribution in [0.1, 0.15) is 17.5 Å². The minimum atomic E-state index is -0.911. The molecule has 2 rings (SSSR count). The van der Waals surface area contributed by atoms with Gasteiger partial charge >= 0.3 is 11.8 Å². The van der Waals surface area contributed by atoms with Crippen LogP contribution < -0.4 is 25.5 Å². The number of nitrogens with zero attached hydrogens (tertiary/aromatic N) is 1. The summed E-state index contributed by atoms with van der Waals surface area (Å²) in [4.78, 5) is 35.9. The number of anilines is 1. The molecule has 0 bridgehead atoms. The Morgan fingerprint density at radius 2 is 1.82 bits per heavy atom. The molecule has 2 aromatic rings. The van der Waals surface area contributed by atoms with Crippen molar-refractivity contribution in [2.45, 2.75) is 13.3 Å². The smallest absolute Gasteiger partial charge is 0.329 e. The van der Waals surface area contributed by atoms with E-state index in [0.717, 1.165) is 5.56 Å². The first kappa shape index (κ1) is 25.3. The van der Waals surface area contributed by atoms with E-state index in [0.29, 0.717) is 36.6 Å². The van der Waals surface area contributed by atoms with Gasteiger partial charge in [0, 0.05) is 31.5 Å². The number of methoxy groups -OCH3 is 2. The molecule has 0 spiro atoms. The summed E-state index contributed by atoms with van der Waals surface area (Å²) in [6, 6.07) is 12.4.